The van der Waals surface area contributed by atoms with Gasteiger partial charge in [-0.3, -0.25) is 4.79 Å². The molecule has 7 heteroatoms. The third-order valence-electron chi connectivity index (χ3n) is 2.86. The number of sulfonamides is 1. The van der Waals surface area contributed by atoms with E-state index in [9.17, 15) is 13.2 Å². The van der Waals surface area contributed by atoms with Gasteiger partial charge in [0.25, 0.3) is 5.91 Å². The van der Waals surface area contributed by atoms with Gasteiger partial charge < -0.3 is 5.32 Å². The molecule has 0 saturated carbocycles. The lowest BCUT2D eigenvalue weighted by atomic mass is 10.2. The zero-order valence-electron chi connectivity index (χ0n) is 11.1. The molecule has 0 fully saturated rings. The number of anilines is 1. The fraction of sp³-hybridized carbons (Fsp3) is 0.0714. The van der Waals surface area contributed by atoms with Crippen LogP contribution in [0, 0.1) is 6.92 Å². The van der Waals surface area contributed by atoms with Crippen LogP contribution in [0.5, 0.6) is 0 Å². The highest BCUT2D eigenvalue weighted by atomic mass is 35.5. The molecular formula is C14H13ClN2O3S. The van der Waals surface area contributed by atoms with Gasteiger partial charge in [0.1, 0.15) is 0 Å². The Morgan fingerprint density at radius 3 is 2.43 bits per heavy atom. The highest BCUT2D eigenvalue weighted by molar-refractivity contribution is 7.89. The summed E-state index contributed by atoms with van der Waals surface area (Å²) >= 11 is 5.94. The molecule has 2 aromatic carbocycles. The van der Waals surface area contributed by atoms with Crippen molar-refractivity contribution in [3.63, 3.8) is 0 Å². The minimum absolute atomic E-state index is 0.0262. The van der Waals surface area contributed by atoms with E-state index in [1.807, 2.05) is 0 Å². The summed E-state index contributed by atoms with van der Waals surface area (Å²) < 4.78 is 22.7. The molecule has 110 valence electrons. The van der Waals surface area contributed by atoms with Crippen molar-refractivity contribution in [3.05, 3.63) is 58.6 Å². The molecule has 3 N–H and O–H groups in total. The van der Waals surface area contributed by atoms with E-state index in [-0.39, 0.29) is 10.8 Å². The van der Waals surface area contributed by atoms with Crippen LogP contribution in [0.15, 0.2) is 47.4 Å². The number of aryl methyl sites for hydroxylation is 1. The fourth-order valence-corrected chi connectivity index (χ4v) is 2.88. The predicted octanol–water partition coefficient (Wildman–Crippen LogP) is 2.55. The molecule has 0 aliphatic rings. The molecule has 2 rings (SSSR count). The first-order valence-electron chi connectivity index (χ1n) is 5.98. The lowest BCUT2D eigenvalue weighted by molar-refractivity contribution is 0.102. The highest BCUT2D eigenvalue weighted by Gasteiger charge is 2.14. The number of nitrogens with one attached hydrogen (secondary N) is 1. The maximum absolute atomic E-state index is 12.1. The molecule has 0 bridgehead atoms. The Balaban J connectivity index is 2.27. The second kappa shape index (κ2) is 5.85. The van der Waals surface area contributed by atoms with Gasteiger partial charge in [0.05, 0.1) is 15.5 Å². The molecule has 2 aromatic rings. The van der Waals surface area contributed by atoms with Crippen molar-refractivity contribution in [1.82, 2.24) is 0 Å². The van der Waals surface area contributed by atoms with E-state index in [0.29, 0.717) is 21.8 Å². The van der Waals surface area contributed by atoms with Crippen molar-refractivity contribution in [3.8, 4) is 0 Å². The molecule has 0 aliphatic heterocycles. The average Bonchev–Trinajstić information content (AvgIpc) is 2.37. The van der Waals surface area contributed by atoms with Crippen LogP contribution >= 0.6 is 11.6 Å². The summed E-state index contributed by atoms with van der Waals surface area (Å²) in [6.45, 7) is 1.60. The zero-order chi connectivity index (χ0) is 15.6. The minimum atomic E-state index is -3.77. The van der Waals surface area contributed by atoms with Crippen LogP contribution in [0.4, 0.5) is 5.69 Å². The minimum Gasteiger partial charge on any atom is -0.322 e. The van der Waals surface area contributed by atoms with Gasteiger partial charge >= 0.3 is 0 Å². The number of nitrogens with two attached hydrogens (primary N) is 1. The van der Waals surface area contributed by atoms with E-state index >= 15 is 0 Å². The summed E-state index contributed by atoms with van der Waals surface area (Å²) in [5, 5.41) is 8.09. The molecule has 0 unspecified atom stereocenters. The number of primary sulfonamides is 1. The molecule has 0 spiro atoms. The molecular weight excluding hydrogens is 312 g/mol. The monoisotopic (exact) mass is 324 g/mol. The third-order valence-corrected chi connectivity index (χ3v) is 4.26. The standard InChI is InChI=1S/C14H13ClN2O3S/c1-9-8-10(6-7-13(9)21(16,19)20)17-14(18)11-4-2-3-5-12(11)15/h2-8H,1H3,(H,17,18)(H2,16,19,20). The van der Waals surface area contributed by atoms with Crippen molar-refractivity contribution in [2.24, 2.45) is 5.14 Å². The van der Waals surface area contributed by atoms with Gasteiger partial charge in [0.2, 0.25) is 10.0 Å². The Morgan fingerprint density at radius 2 is 1.86 bits per heavy atom. The second-order valence-electron chi connectivity index (χ2n) is 4.46. The maximum atomic E-state index is 12.1. The van der Waals surface area contributed by atoms with Crippen molar-refractivity contribution < 1.29 is 13.2 Å². The summed E-state index contributed by atoms with van der Waals surface area (Å²) in [4.78, 5) is 12.1. The highest BCUT2D eigenvalue weighted by Crippen LogP contribution is 2.21. The van der Waals surface area contributed by atoms with Crippen molar-refractivity contribution in [2.75, 3.05) is 5.32 Å². The quantitative estimate of drug-likeness (QED) is 0.909. The molecule has 0 saturated heterocycles. The van der Waals surface area contributed by atoms with E-state index < -0.39 is 10.0 Å². The van der Waals surface area contributed by atoms with E-state index in [2.05, 4.69) is 5.32 Å². The number of amides is 1. The summed E-state index contributed by atoms with van der Waals surface area (Å²) in [5.41, 5.74) is 1.26. The third kappa shape index (κ3) is 3.60. The number of hydrogen-bond acceptors (Lipinski definition) is 3. The molecule has 0 aromatic heterocycles. The maximum Gasteiger partial charge on any atom is 0.257 e. The van der Waals surface area contributed by atoms with Crippen LogP contribution in [0.3, 0.4) is 0 Å². The van der Waals surface area contributed by atoms with Crippen molar-refractivity contribution >= 4 is 33.2 Å². The first kappa shape index (κ1) is 15.5. The molecule has 0 heterocycles. The molecule has 5 nitrogen and oxygen atoms in total. The molecule has 0 atom stereocenters. The van der Waals surface area contributed by atoms with Gasteiger partial charge in [-0.2, -0.15) is 0 Å². The van der Waals surface area contributed by atoms with Crippen molar-refractivity contribution in [2.45, 2.75) is 11.8 Å². The number of hydrogen-bond donors (Lipinski definition) is 2. The second-order valence-corrected chi connectivity index (χ2v) is 6.40. The van der Waals surface area contributed by atoms with E-state index in [0.717, 1.165) is 0 Å². The number of rotatable bonds is 3. The molecule has 1 amide bonds. The Bertz CT molecular complexity index is 804. The number of carbonyl (C=O) groups is 1. The van der Waals surface area contributed by atoms with Gasteiger partial charge in [-0.15, -0.1) is 0 Å². The van der Waals surface area contributed by atoms with Gasteiger partial charge in [-0.05, 0) is 42.8 Å². The van der Waals surface area contributed by atoms with Gasteiger partial charge in [-0.1, -0.05) is 23.7 Å². The topological polar surface area (TPSA) is 89.3 Å². The number of benzene rings is 2. The van der Waals surface area contributed by atoms with Crippen molar-refractivity contribution in [1.29, 1.82) is 0 Å². The first-order chi connectivity index (χ1) is 9.79. The Kier molecular flexibility index (Phi) is 4.32. The summed E-state index contributed by atoms with van der Waals surface area (Å²) in [6, 6.07) is 11.0. The number of halogens is 1. The number of carbonyl (C=O) groups excluding carboxylic acids is 1. The Labute approximate surface area is 127 Å². The summed E-state index contributed by atoms with van der Waals surface area (Å²) in [6.07, 6.45) is 0. The van der Waals surface area contributed by atoms with Crippen LogP contribution in [-0.4, -0.2) is 14.3 Å². The predicted molar refractivity (Wildman–Crippen MR) is 82.0 cm³/mol. The molecule has 0 aliphatic carbocycles. The van der Waals surface area contributed by atoms with Crippen LogP contribution in [0.1, 0.15) is 15.9 Å². The van der Waals surface area contributed by atoms with E-state index in [1.165, 1.54) is 18.2 Å². The summed E-state index contributed by atoms with van der Waals surface area (Å²) in [7, 11) is -3.77. The fourth-order valence-electron chi connectivity index (χ4n) is 1.89. The van der Waals surface area contributed by atoms with E-state index in [1.54, 1.807) is 31.2 Å². The lowest BCUT2D eigenvalue weighted by Gasteiger charge is -2.09. The van der Waals surface area contributed by atoms with Gasteiger partial charge in [0, 0.05) is 5.69 Å². The molecule has 21 heavy (non-hydrogen) atoms. The van der Waals surface area contributed by atoms with Gasteiger partial charge in [-0.25, -0.2) is 13.6 Å². The zero-order valence-corrected chi connectivity index (χ0v) is 12.7. The lowest BCUT2D eigenvalue weighted by Crippen LogP contribution is -2.15. The van der Waals surface area contributed by atoms with Crippen LogP contribution in [-0.2, 0) is 10.0 Å². The van der Waals surface area contributed by atoms with Gasteiger partial charge in [0.15, 0.2) is 0 Å². The Hall–Kier alpha value is -1.89. The largest absolute Gasteiger partial charge is 0.322 e. The SMILES string of the molecule is Cc1cc(NC(=O)c2ccccc2Cl)ccc1S(N)(=O)=O. The first-order valence-corrected chi connectivity index (χ1v) is 7.91. The normalized spacial score (nSPS) is 11.2. The smallest absolute Gasteiger partial charge is 0.257 e. The van der Waals surface area contributed by atoms with Crippen LogP contribution in [0.25, 0.3) is 0 Å². The average molecular weight is 325 g/mol. The summed E-state index contributed by atoms with van der Waals surface area (Å²) in [5.74, 6) is -0.372. The molecule has 0 radical (unpaired) electrons. The van der Waals surface area contributed by atoms with Crippen LogP contribution in [0.2, 0.25) is 5.02 Å². The van der Waals surface area contributed by atoms with E-state index in [4.69, 9.17) is 16.7 Å². The Morgan fingerprint density at radius 1 is 1.19 bits per heavy atom. The van der Waals surface area contributed by atoms with Crippen LogP contribution < -0.4 is 10.5 Å².